The fourth-order valence-electron chi connectivity index (χ4n) is 3.30. The van der Waals surface area contributed by atoms with Gasteiger partial charge in [0.15, 0.2) is 0 Å². The molecule has 0 bridgehead atoms. The van der Waals surface area contributed by atoms with E-state index in [-0.39, 0.29) is 23.8 Å². The van der Waals surface area contributed by atoms with E-state index in [9.17, 15) is 18.0 Å². The van der Waals surface area contributed by atoms with E-state index in [1.165, 1.54) is 12.1 Å². The molecule has 1 heterocycles. The molecule has 0 N–H and O–H groups in total. The fraction of sp³-hybridized carbons (Fsp3) is 0.588. The summed E-state index contributed by atoms with van der Waals surface area (Å²) in [5.41, 5.74) is 0.176. The number of halogens is 3. The van der Waals surface area contributed by atoms with Gasteiger partial charge < -0.3 is 9.64 Å². The highest BCUT2D eigenvalue weighted by molar-refractivity contribution is 5.83. The molecule has 0 spiro atoms. The highest BCUT2D eigenvalue weighted by atomic mass is 19.4. The lowest BCUT2D eigenvalue weighted by Gasteiger charge is -2.31. The van der Waals surface area contributed by atoms with Crippen LogP contribution in [-0.4, -0.2) is 37.1 Å². The third-order valence-electron chi connectivity index (χ3n) is 4.86. The number of hydrogen-bond acceptors (Lipinski definition) is 2. The summed E-state index contributed by atoms with van der Waals surface area (Å²) in [6, 6.07) is 5.19. The van der Waals surface area contributed by atoms with Gasteiger partial charge in [0.05, 0.1) is 11.7 Å². The van der Waals surface area contributed by atoms with Crippen LogP contribution in [0.4, 0.5) is 13.2 Å². The van der Waals surface area contributed by atoms with Gasteiger partial charge in [0, 0.05) is 26.1 Å². The van der Waals surface area contributed by atoms with Crippen LogP contribution < -0.4 is 0 Å². The SMILES string of the molecule is COC1CCN(C(=O)C2CC2c2ccc(C(F)(F)F)cc2)CC1. The van der Waals surface area contributed by atoms with Crippen LogP contribution in [-0.2, 0) is 15.7 Å². The van der Waals surface area contributed by atoms with Crippen LogP contribution in [0.5, 0.6) is 0 Å². The number of likely N-dealkylation sites (tertiary alicyclic amines) is 1. The predicted molar refractivity (Wildman–Crippen MR) is 78.9 cm³/mol. The van der Waals surface area contributed by atoms with Crippen molar-refractivity contribution < 1.29 is 22.7 Å². The molecule has 2 atom stereocenters. The maximum atomic E-state index is 12.6. The number of benzene rings is 1. The van der Waals surface area contributed by atoms with Crippen molar-refractivity contribution in [1.29, 1.82) is 0 Å². The minimum absolute atomic E-state index is 0.0601. The minimum atomic E-state index is -4.32. The zero-order valence-corrected chi connectivity index (χ0v) is 13.0. The fourth-order valence-corrected chi connectivity index (χ4v) is 3.30. The van der Waals surface area contributed by atoms with Crippen molar-refractivity contribution in [3.05, 3.63) is 35.4 Å². The summed E-state index contributed by atoms with van der Waals surface area (Å²) in [5.74, 6) is 0.111. The Kier molecular flexibility index (Phi) is 4.36. The van der Waals surface area contributed by atoms with Gasteiger partial charge in [-0.1, -0.05) is 12.1 Å². The number of nitrogens with zero attached hydrogens (tertiary/aromatic N) is 1. The van der Waals surface area contributed by atoms with Crippen molar-refractivity contribution in [2.75, 3.05) is 20.2 Å². The summed E-state index contributed by atoms with van der Waals surface area (Å²) in [4.78, 5) is 14.3. The number of alkyl halides is 3. The van der Waals surface area contributed by atoms with Crippen LogP contribution in [0, 0.1) is 5.92 Å². The van der Waals surface area contributed by atoms with E-state index in [0.29, 0.717) is 13.1 Å². The summed E-state index contributed by atoms with van der Waals surface area (Å²) < 4.78 is 43.0. The van der Waals surface area contributed by atoms with E-state index >= 15 is 0 Å². The van der Waals surface area contributed by atoms with Gasteiger partial charge in [0.1, 0.15) is 0 Å². The lowest BCUT2D eigenvalue weighted by Crippen LogP contribution is -2.41. The van der Waals surface area contributed by atoms with Gasteiger partial charge in [-0.05, 0) is 42.9 Å². The maximum absolute atomic E-state index is 12.6. The second kappa shape index (κ2) is 6.15. The van der Waals surface area contributed by atoms with Crippen molar-refractivity contribution in [1.82, 2.24) is 4.90 Å². The Morgan fingerprint density at radius 3 is 2.30 bits per heavy atom. The Morgan fingerprint density at radius 1 is 1.17 bits per heavy atom. The van der Waals surface area contributed by atoms with Gasteiger partial charge in [-0.2, -0.15) is 13.2 Å². The Bertz CT molecular complexity index is 562. The van der Waals surface area contributed by atoms with Gasteiger partial charge in [0.25, 0.3) is 0 Å². The van der Waals surface area contributed by atoms with E-state index in [2.05, 4.69) is 0 Å². The zero-order chi connectivity index (χ0) is 16.6. The predicted octanol–water partition coefficient (Wildman–Crippen LogP) is 3.45. The summed E-state index contributed by atoms with van der Waals surface area (Å²) >= 11 is 0. The Balaban J connectivity index is 1.58. The molecule has 23 heavy (non-hydrogen) atoms. The highest BCUT2D eigenvalue weighted by Gasteiger charge is 2.46. The van der Waals surface area contributed by atoms with E-state index in [0.717, 1.165) is 37.0 Å². The van der Waals surface area contributed by atoms with Crippen molar-refractivity contribution in [2.45, 2.75) is 37.5 Å². The molecule has 1 aliphatic heterocycles. The van der Waals surface area contributed by atoms with E-state index < -0.39 is 11.7 Å². The average Bonchev–Trinajstić information content (AvgIpc) is 3.34. The van der Waals surface area contributed by atoms with Gasteiger partial charge >= 0.3 is 6.18 Å². The molecule has 2 unspecified atom stereocenters. The second-order valence-corrected chi connectivity index (χ2v) is 6.33. The van der Waals surface area contributed by atoms with Gasteiger partial charge in [0.2, 0.25) is 5.91 Å². The lowest BCUT2D eigenvalue weighted by molar-refractivity contribution is -0.137. The largest absolute Gasteiger partial charge is 0.416 e. The first kappa shape index (κ1) is 16.3. The quantitative estimate of drug-likeness (QED) is 0.851. The van der Waals surface area contributed by atoms with Crippen molar-refractivity contribution >= 4 is 5.91 Å². The maximum Gasteiger partial charge on any atom is 0.416 e. The third-order valence-corrected chi connectivity index (χ3v) is 4.86. The summed E-state index contributed by atoms with van der Waals surface area (Å²) in [5, 5.41) is 0. The highest BCUT2D eigenvalue weighted by Crippen LogP contribution is 2.49. The van der Waals surface area contributed by atoms with Gasteiger partial charge in [-0.15, -0.1) is 0 Å². The molecule has 1 aromatic rings. The van der Waals surface area contributed by atoms with E-state index in [4.69, 9.17) is 4.74 Å². The number of carbonyl (C=O) groups is 1. The van der Waals surface area contributed by atoms with Crippen LogP contribution in [0.1, 0.15) is 36.3 Å². The first-order valence-electron chi connectivity index (χ1n) is 7.89. The molecule has 3 rings (SSSR count). The molecule has 6 heteroatoms. The molecule has 126 valence electrons. The van der Waals surface area contributed by atoms with Crippen molar-refractivity contribution in [3.8, 4) is 0 Å². The molecule has 1 amide bonds. The molecular formula is C17H20F3NO2. The van der Waals surface area contributed by atoms with E-state index in [1.54, 1.807) is 7.11 Å². The number of methoxy groups -OCH3 is 1. The summed E-state index contributed by atoms with van der Waals surface area (Å²) in [6.07, 6.45) is -1.67. The molecule has 2 fully saturated rings. The molecule has 3 nitrogen and oxygen atoms in total. The topological polar surface area (TPSA) is 29.5 Å². The molecule has 1 saturated heterocycles. The van der Waals surface area contributed by atoms with Crippen LogP contribution >= 0.6 is 0 Å². The van der Waals surface area contributed by atoms with Crippen molar-refractivity contribution in [2.24, 2.45) is 5.92 Å². The first-order valence-corrected chi connectivity index (χ1v) is 7.89. The molecule has 0 radical (unpaired) electrons. The Labute approximate surface area is 133 Å². The van der Waals surface area contributed by atoms with Crippen LogP contribution in [0.15, 0.2) is 24.3 Å². The monoisotopic (exact) mass is 327 g/mol. The molecule has 1 aromatic carbocycles. The summed E-state index contributed by atoms with van der Waals surface area (Å²) in [6.45, 7) is 1.40. The molecule has 0 aromatic heterocycles. The van der Waals surface area contributed by atoms with Gasteiger partial charge in [-0.25, -0.2) is 0 Å². The average molecular weight is 327 g/mol. The molecule has 1 aliphatic carbocycles. The van der Waals surface area contributed by atoms with Crippen LogP contribution in [0.25, 0.3) is 0 Å². The van der Waals surface area contributed by atoms with Crippen molar-refractivity contribution in [3.63, 3.8) is 0 Å². The smallest absolute Gasteiger partial charge is 0.381 e. The Morgan fingerprint density at radius 2 is 1.78 bits per heavy atom. The number of amides is 1. The Hall–Kier alpha value is -1.56. The summed E-state index contributed by atoms with van der Waals surface area (Å²) in [7, 11) is 1.68. The van der Waals surface area contributed by atoms with Crippen LogP contribution in [0.2, 0.25) is 0 Å². The second-order valence-electron chi connectivity index (χ2n) is 6.33. The van der Waals surface area contributed by atoms with Crippen LogP contribution in [0.3, 0.4) is 0 Å². The molecule has 1 saturated carbocycles. The molecular weight excluding hydrogens is 307 g/mol. The number of carbonyl (C=O) groups excluding carboxylic acids is 1. The van der Waals surface area contributed by atoms with E-state index in [1.807, 2.05) is 4.90 Å². The zero-order valence-electron chi connectivity index (χ0n) is 13.0. The number of rotatable bonds is 3. The standard InChI is InChI=1S/C17H20F3NO2/c1-23-13-6-8-21(9-7-13)16(22)15-10-14(15)11-2-4-12(5-3-11)17(18,19)20/h2-5,13-15H,6-10H2,1H3. The number of piperidine rings is 1. The minimum Gasteiger partial charge on any atom is -0.381 e. The van der Waals surface area contributed by atoms with Gasteiger partial charge in [-0.3, -0.25) is 4.79 Å². The first-order chi connectivity index (χ1) is 10.9. The lowest BCUT2D eigenvalue weighted by atomic mass is 10.0. The third kappa shape index (κ3) is 3.52. The normalized spacial score (nSPS) is 25.5. The molecule has 2 aliphatic rings. The number of ether oxygens (including phenoxy) is 1. The number of hydrogen-bond donors (Lipinski definition) is 0.